The molecule has 0 radical (unpaired) electrons. The molecule has 0 aliphatic carbocycles. The quantitative estimate of drug-likeness (QED) is 0.456. The van der Waals surface area contributed by atoms with Gasteiger partial charge in [0.25, 0.3) is 0 Å². The summed E-state index contributed by atoms with van der Waals surface area (Å²) in [4.78, 5) is 3.62. The summed E-state index contributed by atoms with van der Waals surface area (Å²) in [7, 11) is -4.02. The van der Waals surface area contributed by atoms with Crippen LogP contribution >= 0.6 is 11.9 Å². The van der Waals surface area contributed by atoms with Gasteiger partial charge in [-0.05, 0) is 71.4 Å². The van der Waals surface area contributed by atoms with Crippen LogP contribution in [0, 0.1) is 0 Å². The molecular weight excluding hydrogens is 454 g/mol. The zero-order valence-corrected chi connectivity index (χ0v) is 20.3. The van der Waals surface area contributed by atoms with E-state index in [2.05, 4.69) is 64.7 Å². The third-order valence-corrected chi connectivity index (χ3v) is 7.11. The van der Waals surface area contributed by atoms with Crippen molar-refractivity contribution in [1.82, 2.24) is 9.21 Å². The van der Waals surface area contributed by atoms with E-state index in [0.717, 1.165) is 38.2 Å². The third kappa shape index (κ3) is 7.06. The Hall–Kier alpha value is -2.36. The van der Waals surface area contributed by atoms with Gasteiger partial charge in [-0.25, -0.2) is 4.31 Å². The van der Waals surface area contributed by atoms with E-state index in [4.69, 9.17) is 9.32 Å². The molecule has 3 aromatic rings. The van der Waals surface area contributed by atoms with Gasteiger partial charge < -0.3 is 4.18 Å². The maximum atomic E-state index is 11.2. The SMILES string of the molecule is CCN(Cc1ccccc1)Cc1ccc(SN2CCc3ccc(OS(N)(=O)=O)cc3C2)cc1. The molecule has 3 aromatic carbocycles. The van der Waals surface area contributed by atoms with Crippen LogP contribution < -0.4 is 9.32 Å². The van der Waals surface area contributed by atoms with Gasteiger partial charge in [-0.15, -0.1) is 0 Å². The van der Waals surface area contributed by atoms with Gasteiger partial charge in [0.1, 0.15) is 5.75 Å². The molecular formula is C25H29N3O3S2. The number of nitrogens with two attached hydrogens (primary N) is 1. The monoisotopic (exact) mass is 483 g/mol. The summed E-state index contributed by atoms with van der Waals surface area (Å²) in [5.41, 5.74) is 4.90. The van der Waals surface area contributed by atoms with Crippen LogP contribution in [-0.2, 0) is 36.4 Å². The first-order chi connectivity index (χ1) is 15.9. The Morgan fingerprint density at radius 1 is 0.970 bits per heavy atom. The molecule has 0 amide bonds. The fraction of sp³-hybridized carbons (Fsp3) is 0.280. The van der Waals surface area contributed by atoms with E-state index >= 15 is 0 Å². The molecule has 1 heterocycles. The molecule has 1 aliphatic heterocycles. The number of fused-ring (bicyclic) bond motifs is 1. The van der Waals surface area contributed by atoms with Crippen molar-refractivity contribution in [3.63, 3.8) is 0 Å². The van der Waals surface area contributed by atoms with E-state index in [0.29, 0.717) is 6.54 Å². The van der Waals surface area contributed by atoms with Crippen molar-refractivity contribution < 1.29 is 12.6 Å². The lowest BCUT2D eigenvalue weighted by Gasteiger charge is -2.28. The average Bonchev–Trinajstić information content (AvgIpc) is 2.79. The fourth-order valence-corrected chi connectivity index (χ4v) is 5.27. The summed E-state index contributed by atoms with van der Waals surface area (Å²) < 4.78 is 29.6. The topological polar surface area (TPSA) is 75.9 Å². The summed E-state index contributed by atoms with van der Waals surface area (Å²) in [5, 5.41) is 5.00. The Kier molecular flexibility index (Phi) is 7.72. The van der Waals surface area contributed by atoms with Crippen LogP contribution in [0.2, 0.25) is 0 Å². The van der Waals surface area contributed by atoms with Crippen molar-refractivity contribution >= 4 is 22.3 Å². The van der Waals surface area contributed by atoms with E-state index in [9.17, 15) is 8.42 Å². The first-order valence-corrected chi connectivity index (χ1v) is 13.2. The lowest BCUT2D eigenvalue weighted by Crippen LogP contribution is -2.25. The number of rotatable bonds is 9. The maximum absolute atomic E-state index is 11.2. The predicted molar refractivity (Wildman–Crippen MR) is 133 cm³/mol. The normalized spacial score (nSPS) is 14.3. The minimum atomic E-state index is -4.02. The third-order valence-electron chi connectivity index (χ3n) is 5.63. The van der Waals surface area contributed by atoms with Crippen molar-refractivity contribution in [3.05, 3.63) is 95.1 Å². The van der Waals surface area contributed by atoms with Crippen LogP contribution in [-0.4, -0.2) is 30.7 Å². The highest BCUT2D eigenvalue weighted by Gasteiger charge is 2.19. The van der Waals surface area contributed by atoms with Gasteiger partial charge in [0.2, 0.25) is 0 Å². The first-order valence-electron chi connectivity index (χ1n) is 11.0. The van der Waals surface area contributed by atoms with Crippen molar-refractivity contribution in [2.75, 3.05) is 13.1 Å². The molecule has 174 valence electrons. The molecule has 4 rings (SSSR count). The molecule has 0 aromatic heterocycles. The molecule has 0 bridgehead atoms. The van der Waals surface area contributed by atoms with Crippen molar-refractivity contribution in [1.29, 1.82) is 0 Å². The van der Waals surface area contributed by atoms with Crippen molar-refractivity contribution in [2.45, 2.75) is 37.9 Å². The first kappa shape index (κ1) is 23.8. The molecule has 8 heteroatoms. The van der Waals surface area contributed by atoms with E-state index in [-0.39, 0.29) is 5.75 Å². The summed E-state index contributed by atoms with van der Waals surface area (Å²) in [5.74, 6) is 0.253. The van der Waals surface area contributed by atoms with Gasteiger partial charge in [0.15, 0.2) is 0 Å². The Bertz CT molecular complexity index is 1170. The minimum absolute atomic E-state index is 0.253. The molecule has 0 saturated heterocycles. The van der Waals surface area contributed by atoms with Gasteiger partial charge in [-0.3, -0.25) is 4.90 Å². The van der Waals surface area contributed by atoms with Gasteiger partial charge in [-0.2, -0.15) is 13.6 Å². The molecule has 0 fully saturated rings. The van der Waals surface area contributed by atoms with Crippen LogP contribution in [0.4, 0.5) is 0 Å². The zero-order valence-electron chi connectivity index (χ0n) is 18.7. The number of nitrogens with zero attached hydrogens (tertiary/aromatic N) is 2. The second-order valence-corrected chi connectivity index (χ2v) is 10.5. The molecule has 33 heavy (non-hydrogen) atoms. The van der Waals surface area contributed by atoms with Crippen LogP contribution in [0.5, 0.6) is 5.75 Å². The van der Waals surface area contributed by atoms with E-state index in [1.807, 2.05) is 12.1 Å². The van der Waals surface area contributed by atoms with Crippen LogP contribution in [0.25, 0.3) is 0 Å². The lowest BCUT2D eigenvalue weighted by molar-refractivity contribution is 0.271. The lowest BCUT2D eigenvalue weighted by atomic mass is 10.0. The molecule has 0 atom stereocenters. The number of hydrogen-bond acceptors (Lipinski definition) is 6. The summed E-state index contributed by atoms with van der Waals surface area (Å²) in [6.45, 7) is 6.69. The smallest absolute Gasteiger partial charge is 0.371 e. The van der Waals surface area contributed by atoms with Gasteiger partial charge in [0, 0.05) is 31.1 Å². The van der Waals surface area contributed by atoms with Crippen molar-refractivity contribution in [3.8, 4) is 5.75 Å². The highest BCUT2D eigenvalue weighted by molar-refractivity contribution is 7.97. The Labute approximate surface area is 200 Å². The second-order valence-electron chi connectivity index (χ2n) is 8.14. The van der Waals surface area contributed by atoms with Crippen molar-refractivity contribution in [2.24, 2.45) is 5.14 Å². The minimum Gasteiger partial charge on any atom is -0.371 e. The molecule has 0 unspecified atom stereocenters. The van der Waals surface area contributed by atoms with Crippen LogP contribution in [0.15, 0.2) is 77.7 Å². The molecule has 1 aliphatic rings. The Morgan fingerprint density at radius 3 is 2.33 bits per heavy atom. The Balaban J connectivity index is 1.35. The number of benzene rings is 3. The largest absolute Gasteiger partial charge is 0.380 e. The van der Waals surface area contributed by atoms with Gasteiger partial charge >= 0.3 is 10.3 Å². The standard InChI is InChI=1S/C25H29N3O3S2/c1-2-27(17-20-6-4-3-5-7-20)18-21-8-12-25(13-9-21)32-28-15-14-22-10-11-24(16-23(22)19-28)31-33(26,29)30/h3-13,16H,2,14-15,17-19H2,1H3,(H2,26,29,30). The zero-order chi connectivity index (χ0) is 23.3. The highest BCUT2D eigenvalue weighted by atomic mass is 32.2. The highest BCUT2D eigenvalue weighted by Crippen LogP contribution is 2.31. The predicted octanol–water partition coefficient (Wildman–Crippen LogP) is 4.36. The second kappa shape index (κ2) is 10.7. The summed E-state index contributed by atoms with van der Waals surface area (Å²) in [6.07, 6.45) is 0.904. The van der Waals surface area contributed by atoms with Crippen LogP contribution in [0.3, 0.4) is 0 Å². The molecule has 2 N–H and O–H groups in total. The van der Waals surface area contributed by atoms with Crippen LogP contribution in [0.1, 0.15) is 29.2 Å². The van der Waals surface area contributed by atoms with Gasteiger partial charge in [0.05, 0.1) is 0 Å². The molecule has 6 nitrogen and oxygen atoms in total. The summed E-state index contributed by atoms with van der Waals surface area (Å²) in [6, 6.07) is 24.6. The molecule has 0 saturated carbocycles. The van der Waals surface area contributed by atoms with E-state index in [1.54, 1.807) is 24.1 Å². The maximum Gasteiger partial charge on any atom is 0.380 e. The van der Waals surface area contributed by atoms with E-state index < -0.39 is 10.3 Å². The molecule has 0 spiro atoms. The summed E-state index contributed by atoms with van der Waals surface area (Å²) >= 11 is 1.72. The fourth-order valence-electron chi connectivity index (χ4n) is 3.96. The van der Waals surface area contributed by atoms with Gasteiger partial charge in [-0.1, -0.05) is 55.5 Å². The Morgan fingerprint density at radius 2 is 1.67 bits per heavy atom. The average molecular weight is 484 g/mol. The number of hydrogen-bond donors (Lipinski definition) is 1. The van der Waals surface area contributed by atoms with E-state index in [1.165, 1.54) is 21.6 Å².